The van der Waals surface area contributed by atoms with Crippen LogP contribution in [0, 0.1) is 10.8 Å². The molecule has 1 heterocycles. The van der Waals surface area contributed by atoms with Crippen LogP contribution in [0.5, 0.6) is 5.75 Å². The maximum atomic E-state index is 14.2. The van der Waals surface area contributed by atoms with E-state index >= 15 is 0 Å². The monoisotopic (exact) mass is 1030 g/mol. The van der Waals surface area contributed by atoms with E-state index in [1.54, 1.807) is 30.5 Å². The van der Waals surface area contributed by atoms with Gasteiger partial charge in [-0.25, -0.2) is 0 Å². The average molecular weight is 1030 g/mol. The molecule has 0 radical (unpaired) electrons. The number of benzene rings is 2. The van der Waals surface area contributed by atoms with Gasteiger partial charge in [0.2, 0.25) is 47.3 Å². The van der Waals surface area contributed by atoms with Gasteiger partial charge in [-0.2, -0.15) is 0 Å². The van der Waals surface area contributed by atoms with E-state index in [0.29, 0.717) is 30.7 Å². The van der Waals surface area contributed by atoms with Crippen molar-refractivity contribution in [3.05, 3.63) is 65.9 Å². The number of carbonyl (C=O) groups is 8. The lowest BCUT2D eigenvalue weighted by Gasteiger charge is -2.26. The molecule has 0 aliphatic rings. The molecule has 26 nitrogen and oxygen atoms in total. The smallest absolute Gasteiger partial charge is 0.243 e. The number of para-hydroxylation sites is 1. The Balaban J connectivity index is 1.73. The van der Waals surface area contributed by atoms with Crippen molar-refractivity contribution in [1.82, 2.24) is 52.8 Å². The molecule has 3 rings (SSSR count). The van der Waals surface area contributed by atoms with Crippen LogP contribution >= 0.6 is 0 Å². The van der Waals surface area contributed by atoms with Crippen LogP contribution in [-0.2, 0) is 51.2 Å². The van der Waals surface area contributed by atoms with Crippen molar-refractivity contribution in [2.24, 2.45) is 28.7 Å². The number of nitrogens with two attached hydrogens (primary N) is 5. The van der Waals surface area contributed by atoms with Crippen molar-refractivity contribution in [3.8, 4) is 5.75 Å². The molecular weight excluding hydrogens is 959 g/mol. The highest BCUT2D eigenvalue weighted by molar-refractivity contribution is 5.96. The number of carbonyl (C=O) groups excluding carboxylic acids is 8. The number of aromatic amines is 1. The lowest BCUT2D eigenvalue weighted by Crippen LogP contribution is -2.59. The second-order valence-corrected chi connectivity index (χ2v) is 17.6. The first-order valence-corrected chi connectivity index (χ1v) is 24.4. The minimum absolute atomic E-state index is 0.0301. The van der Waals surface area contributed by atoms with E-state index in [4.69, 9.17) is 44.2 Å². The fraction of sp³-hybridized carbons (Fsp3) is 0.500. The summed E-state index contributed by atoms with van der Waals surface area (Å²) in [5, 5.41) is 39.5. The maximum Gasteiger partial charge on any atom is 0.243 e. The highest BCUT2D eigenvalue weighted by Gasteiger charge is 2.32. The Bertz CT molecular complexity index is 2380. The van der Waals surface area contributed by atoms with Gasteiger partial charge in [-0.1, -0.05) is 30.3 Å². The molecule has 8 amide bonds. The number of H-pyrrole nitrogens is 1. The molecule has 1 aromatic heterocycles. The lowest BCUT2D eigenvalue weighted by molar-refractivity contribution is -0.135. The van der Waals surface area contributed by atoms with E-state index in [1.165, 1.54) is 14.0 Å². The van der Waals surface area contributed by atoms with Gasteiger partial charge in [0.1, 0.15) is 36.0 Å². The van der Waals surface area contributed by atoms with Crippen molar-refractivity contribution in [2.75, 3.05) is 39.8 Å². The number of guanidine groups is 2. The molecule has 0 saturated heterocycles. The average Bonchev–Trinajstić information content (AvgIpc) is 3.76. The van der Waals surface area contributed by atoms with Crippen molar-refractivity contribution < 1.29 is 43.1 Å². The van der Waals surface area contributed by atoms with Gasteiger partial charge in [0.05, 0.1) is 13.2 Å². The fourth-order valence-corrected chi connectivity index (χ4v) is 7.71. The molecule has 3 aromatic rings. The van der Waals surface area contributed by atoms with Crippen LogP contribution in [0.4, 0.5) is 0 Å². The van der Waals surface area contributed by atoms with E-state index in [1.807, 2.05) is 24.3 Å². The summed E-state index contributed by atoms with van der Waals surface area (Å²) in [6.07, 6.45) is 2.97. The second-order valence-electron chi connectivity index (χ2n) is 17.6. The first kappa shape index (κ1) is 60.3. The molecular formula is C48H75N17O9. The third-order valence-electron chi connectivity index (χ3n) is 11.6. The quantitative estimate of drug-likeness (QED) is 0.0160. The SMILES string of the molecule is COc1cccc(C[C@@H](NC(=O)[C@H](CCN)NC(=O)[C@H](CCC(=O)NCCCC(NC(=O)[C@@H](N)Cc2c[nH]c3ccccc23)C(N)=O)NC(=O)[C@H](CCCNC(=N)N)NC(C)=O)C(=O)NCCCCNC(=N)N)c1. The standard InChI is InChI=1S/C48H75N17O9/c1-28(66)61-36(15-9-23-59-48(54)55)44(71)63-37(16-17-40(67)56-22-8-14-35(41(51)68)62-42(69)33(50)26-30-27-60-34-13-4-3-12-32(30)34)45(72)64-38(18-19-49)46(73)65-39(25-29-10-7-11-31(24-29)74-2)43(70)57-20-5-6-21-58-47(52)53/h3-4,7,10-13,24,27,33,35-39,60H,5-6,8-9,14-23,25-26,49-50H2,1-2H3,(H2,51,68)(H,56,67)(H,57,70)(H,61,66)(H,62,69)(H,63,71)(H,64,72)(H,65,73)(H4,52,53,58)(H4,54,55,59)/t33-,35?,36-,37-,38-,39+/m0/s1. The van der Waals surface area contributed by atoms with Gasteiger partial charge >= 0.3 is 0 Å². The molecule has 0 bridgehead atoms. The summed E-state index contributed by atoms with van der Waals surface area (Å²) in [6, 6.07) is 7.28. The zero-order valence-electron chi connectivity index (χ0n) is 42.0. The Hall–Kier alpha value is -8.00. The highest BCUT2D eigenvalue weighted by Crippen LogP contribution is 2.19. The Morgan fingerprint density at radius 2 is 1.16 bits per heavy atom. The van der Waals surface area contributed by atoms with Crippen molar-refractivity contribution in [3.63, 3.8) is 0 Å². The number of methoxy groups -OCH3 is 1. The van der Waals surface area contributed by atoms with Crippen LogP contribution in [0.3, 0.4) is 0 Å². The third kappa shape index (κ3) is 22.2. The molecule has 1 unspecified atom stereocenters. The molecule has 26 heteroatoms. The number of aromatic nitrogens is 1. The minimum atomic E-state index is -1.45. The number of rotatable bonds is 34. The summed E-state index contributed by atoms with van der Waals surface area (Å²) < 4.78 is 5.34. The molecule has 74 heavy (non-hydrogen) atoms. The summed E-state index contributed by atoms with van der Waals surface area (Å²) in [5.41, 5.74) is 30.8. The summed E-state index contributed by atoms with van der Waals surface area (Å²) in [5.74, 6) is -5.39. The summed E-state index contributed by atoms with van der Waals surface area (Å²) >= 11 is 0. The van der Waals surface area contributed by atoms with Crippen LogP contribution in [0.15, 0.2) is 54.7 Å². The van der Waals surface area contributed by atoms with Crippen LogP contribution in [0.1, 0.15) is 75.8 Å². The Morgan fingerprint density at radius 1 is 0.608 bits per heavy atom. The van der Waals surface area contributed by atoms with E-state index in [-0.39, 0.29) is 95.9 Å². The minimum Gasteiger partial charge on any atom is -0.497 e. The first-order valence-electron chi connectivity index (χ1n) is 24.4. The van der Waals surface area contributed by atoms with E-state index in [0.717, 1.165) is 16.5 Å². The van der Waals surface area contributed by atoms with Gasteiger partial charge in [0.25, 0.3) is 0 Å². The fourth-order valence-electron chi connectivity index (χ4n) is 7.71. The number of amides is 8. The number of hydrogen-bond acceptors (Lipinski definition) is 13. The number of unbranched alkanes of at least 4 members (excludes halogenated alkanes) is 1. The predicted octanol–water partition coefficient (Wildman–Crippen LogP) is -3.11. The molecule has 0 aliphatic heterocycles. The van der Waals surface area contributed by atoms with Gasteiger partial charge in [-0.05, 0) is 93.7 Å². The Labute approximate surface area is 429 Å². The number of ether oxygens (including phenoxy) is 1. The molecule has 0 saturated carbocycles. The lowest BCUT2D eigenvalue weighted by atomic mass is 10.0. The normalized spacial score (nSPS) is 13.3. The van der Waals surface area contributed by atoms with Crippen LogP contribution in [0.2, 0.25) is 0 Å². The molecule has 22 N–H and O–H groups in total. The highest BCUT2D eigenvalue weighted by atomic mass is 16.5. The van der Waals surface area contributed by atoms with Gasteiger partial charge in [-0.3, -0.25) is 49.2 Å². The number of primary amides is 1. The van der Waals surface area contributed by atoms with E-state index in [2.05, 4.69) is 52.8 Å². The van der Waals surface area contributed by atoms with Crippen LogP contribution in [0.25, 0.3) is 10.9 Å². The topological polar surface area (TPSA) is 448 Å². The molecule has 0 aliphatic carbocycles. The Morgan fingerprint density at radius 3 is 1.77 bits per heavy atom. The summed E-state index contributed by atoms with van der Waals surface area (Å²) in [6.45, 7) is 2.00. The van der Waals surface area contributed by atoms with Gasteiger partial charge in [0.15, 0.2) is 11.9 Å². The van der Waals surface area contributed by atoms with Crippen molar-refractivity contribution >= 4 is 70.1 Å². The summed E-state index contributed by atoms with van der Waals surface area (Å²) in [7, 11) is 1.49. The van der Waals surface area contributed by atoms with Gasteiger partial charge < -0.3 is 86.2 Å². The zero-order chi connectivity index (χ0) is 54.6. The molecule has 406 valence electrons. The van der Waals surface area contributed by atoms with Gasteiger partial charge in [0, 0.05) is 63.0 Å². The van der Waals surface area contributed by atoms with E-state index in [9.17, 15) is 38.4 Å². The van der Waals surface area contributed by atoms with Gasteiger partial charge in [-0.15, -0.1) is 0 Å². The van der Waals surface area contributed by atoms with Crippen LogP contribution in [-0.4, -0.2) is 140 Å². The number of fused-ring (bicyclic) bond motifs is 1. The Kier molecular flexibility index (Phi) is 26.2. The molecule has 2 aromatic carbocycles. The number of nitrogens with one attached hydrogen (secondary N) is 12. The predicted molar refractivity (Wildman–Crippen MR) is 278 cm³/mol. The largest absolute Gasteiger partial charge is 0.497 e. The third-order valence-corrected chi connectivity index (χ3v) is 11.6. The second kappa shape index (κ2) is 32.2. The van der Waals surface area contributed by atoms with E-state index < -0.39 is 83.5 Å². The first-order chi connectivity index (χ1) is 35.3. The molecule has 0 spiro atoms. The number of hydrogen-bond donors (Lipinski definition) is 17. The molecule has 6 atom stereocenters. The van der Waals surface area contributed by atoms with Crippen molar-refractivity contribution in [2.45, 2.75) is 114 Å². The summed E-state index contributed by atoms with van der Waals surface area (Å²) in [4.78, 5) is 109. The van der Waals surface area contributed by atoms with Crippen molar-refractivity contribution in [1.29, 1.82) is 10.8 Å². The zero-order valence-corrected chi connectivity index (χ0v) is 42.0. The maximum absolute atomic E-state index is 14.2. The molecule has 0 fully saturated rings. The van der Waals surface area contributed by atoms with Crippen LogP contribution < -0.4 is 81.3 Å².